The quantitative estimate of drug-likeness (QED) is 0.210. The molecule has 0 spiro atoms. The molecule has 0 saturated carbocycles. The molecule has 9 heteroatoms. The second-order valence-corrected chi connectivity index (χ2v) is 15.6. The van der Waals surface area contributed by atoms with Crippen molar-refractivity contribution in [1.29, 1.82) is 0 Å². The van der Waals surface area contributed by atoms with Gasteiger partial charge in [-0.15, -0.1) is 0 Å². The van der Waals surface area contributed by atoms with Gasteiger partial charge in [-0.05, 0) is 92.4 Å². The van der Waals surface area contributed by atoms with Crippen molar-refractivity contribution in [3.63, 3.8) is 0 Å². The molecule has 1 aromatic heterocycles. The average molecular weight is 591 g/mol. The van der Waals surface area contributed by atoms with Gasteiger partial charge in [-0.3, -0.25) is 9.78 Å². The number of nitrogens with one attached hydrogen (secondary N) is 1. The maximum Gasteiger partial charge on any atom is 0.252 e. The van der Waals surface area contributed by atoms with Gasteiger partial charge < -0.3 is 5.32 Å². The SMILES string of the molecule is CC(C)NC(=O)C(=Cc1cccc(-c2cc(C(C)(C)S(C)(=O)=O)cc3cccnc23)c1)c1ccc(S(C)(=O)=O)cc1. The number of hydrogen-bond acceptors (Lipinski definition) is 6. The minimum atomic E-state index is -3.42. The van der Waals surface area contributed by atoms with Crippen molar-refractivity contribution in [2.24, 2.45) is 0 Å². The van der Waals surface area contributed by atoms with Crippen molar-refractivity contribution in [2.75, 3.05) is 12.5 Å². The van der Waals surface area contributed by atoms with Crippen molar-refractivity contribution in [1.82, 2.24) is 10.3 Å². The van der Waals surface area contributed by atoms with Crippen LogP contribution in [-0.2, 0) is 29.2 Å². The molecule has 7 nitrogen and oxygen atoms in total. The molecule has 4 rings (SSSR count). The highest BCUT2D eigenvalue weighted by atomic mass is 32.2. The van der Waals surface area contributed by atoms with Crippen LogP contribution in [0.15, 0.2) is 83.9 Å². The zero-order valence-electron chi connectivity index (χ0n) is 24.0. The first-order chi connectivity index (χ1) is 19.1. The first-order valence-electron chi connectivity index (χ1n) is 13.1. The van der Waals surface area contributed by atoms with Crippen LogP contribution < -0.4 is 5.32 Å². The molecular formula is C32H34N2O5S2. The highest BCUT2D eigenvalue weighted by molar-refractivity contribution is 7.91. The minimum absolute atomic E-state index is 0.106. The summed E-state index contributed by atoms with van der Waals surface area (Å²) in [6.07, 6.45) is 5.83. The van der Waals surface area contributed by atoms with E-state index in [9.17, 15) is 21.6 Å². The summed E-state index contributed by atoms with van der Waals surface area (Å²) < 4.78 is 48.1. The summed E-state index contributed by atoms with van der Waals surface area (Å²) in [5.41, 5.74) is 4.66. The Bertz CT molecular complexity index is 1870. The fourth-order valence-electron chi connectivity index (χ4n) is 4.44. The Hall–Kier alpha value is -3.82. The van der Waals surface area contributed by atoms with Crippen LogP contribution in [0.4, 0.5) is 0 Å². The van der Waals surface area contributed by atoms with Gasteiger partial charge >= 0.3 is 0 Å². The van der Waals surface area contributed by atoms with E-state index in [2.05, 4.69) is 10.3 Å². The van der Waals surface area contributed by atoms with Gasteiger partial charge in [0.1, 0.15) is 0 Å². The summed E-state index contributed by atoms with van der Waals surface area (Å²) in [4.78, 5) is 18.0. The maximum absolute atomic E-state index is 13.3. The molecule has 0 atom stereocenters. The van der Waals surface area contributed by atoms with E-state index >= 15 is 0 Å². The molecule has 1 heterocycles. The molecule has 0 aliphatic rings. The Morgan fingerprint density at radius 2 is 1.59 bits per heavy atom. The van der Waals surface area contributed by atoms with Crippen LogP contribution in [0, 0.1) is 0 Å². The van der Waals surface area contributed by atoms with E-state index in [0.717, 1.165) is 33.8 Å². The van der Waals surface area contributed by atoms with Gasteiger partial charge in [0.15, 0.2) is 19.7 Å². The van der Waals surface area contributed by atoms with Crippen molar-refractivity contribution in [3.05, 3.63) is 95.7 Å². The third-order valence-electron chi connectivity index (χ3n) is 7.09. The average Bonchev–Trinajstić information content (AvgIpc) is 2.89. The van der Waals surface area contributed by atoms with Crippen LogP contribution >= 0.6 is 0 Å². The predicted molar refractivity (Wildman–Crippen MR) is 166 cm³/mol. The molecule has 41 heavy (non-hydrogen) atoms. The van der Waals surface area contributed by atoms with Gasteiger partial charge in [0.25, 0.3) is 5.91 Å². The van der Waals surface area contributed by atoms with Gasteiger partial charge in [0.05, 0.1) is 15.2 Å². The molecule has 0 saturated heterocycles. The van der Waals surface area contributed by atoms with Crippen LogP contribution in [-0.4, -0.2) is 46.3 Å². The Balaban J connectivity index is 1.89. The fourth-order valence-corrected chi connectivity index (χ4v) is 5.61. The fraction of sp³-hybridized carbons (Fsp3) is 0.250. The molecule has 0 bridgehead atoms. The zero-order chi connectivity index (χ0) is 30.2. The van der Waals surface area contributed by atoms with Crippen LogP contribution in [0.5, 0.6) is 0 Å². The molecule has 0 aliphatic heterocycles. The van der Waals surface area contributed by atoms with Gasteiger partial charge in [-0.25, -0.2) is 16.8 Å². The summed E-state index contributed by atoms with van der Waals surface area (Å²) in [5, 5.41) is 3.74. The zero-order valence-corrected chi connectivity index (χ0v) is 25.6. The van der Waals surface area contributed by atoms with Crippen LogP contribution in [0.3, 0.4) is 0 Å². The number of rotatable bonds is 8. The van der Waals surface area contributed by atoms with Crippen molar-refractivity contribution < 1.29 is 21.6 Å². The van der Waals surface area contributed by atoms with Crippen molar-refractivity contribution >= 4 is 48.1 Å². The smallest absolute Gasteiger partial charge is 0.252 e. The van der Waals surface area contributed by atoms with E-state index in [1.165, 1.54) is 18.4 Å². The third kappa shape index (κ3) is 6.57. The Kier molecular flexibility index (Phi) is 8.25. The molecule has 0 unspecified atom stereocenters. The normalized spacial score (nSPS) is 13.0. The largest absolute Gasteiger partial charge is 0.350 e. The van der Waals surface area contributed by atoms with Gasteiger partial charge in [-0.1, -0.05) is 36.4 Å². The number of nitrogens with zero attached hydrogens (tertiary/aromatic N) is 1. The van der Waals surface area contributed by atoms with E-state index in [1.807, 2.05) is 62.4 Å². The molecule has 1 amide bonds. The number of hydrogen-bond donors (Lipinski definition) is 1. The van der Waals surface area contributed by atoms with Crippen LogP contribution in [0.1, 0.15) is 44.4 Å². The summed E-state index contributed by atoms with van der Waals surface area (Å²) in [7, 11) is -6.81. The summed E-state index contributed by atoms with van der Waals surface area (Å²) >= 11 is 0. The monoisotopic (exact) mass is 590 g/mol. The number of aromatic nitrogens is 1. The Morgan fingerprint density at radius 3 is 2.20 bits per heavy atom. The van der Waals surface area contributed by atoms with Crippen LogP contribution in [0.25, 0.3) is 33.7 Å². The molecular weight excluding hydrogens is 556 g/mol. The molecule has 214 valence electrons. The number of carbonyl (C=O) groups excluding carboxylic acids is 1. The molecule has 0 aliphatic carbocycles. The van der Waals surface area contributed by atoms with Gasteiger partial charge in [0.2, 0.25) is 0 Å². The standard InChI is InChI=1S/C32H34N2O5S2/c1-21(2)34-31(35)29(23-12-14-27(15-13-23)40(5,36)37)18-22-9-7-10-24(17-22)28-20-26(32(3,4)41(6,38)39)19-25-11-8-16-33-30(25)28/h7-21H,1-6H3,(H,34,35). The Labute approximate surface area is 242 Å². The summed E-state index contributed by atoms with van der Waals surface area (Å²) in [6.45, 7) is 7.12. The lowest BCUT2D eigenvalue weighted by Gasteiger charge is -2.24. The Morgan fingerprint density at radius 1 is 0.902 bits per heavy atom. The topological polar surface area (TPSA) is 110 Å². The molecule has 4 aromatic rings. The van der Waals surface area contributed by atoms with E-state index in [1.54, 1.807) is 38.3 Å². The van der Waals surface area contributed by atoms with E-state index in [0.29, 0.717) is 16.7 Å². The first kappa shape index (κ1) is 30.1. The highest BCUT2D eigenvalue weighted by Crippen LogP contribution is 2.37. The first-order valence-corrected chi connectivity index (χ1v) is 16.9. The minimum Gasteiger partial charge on any atom is -0.350 e. The molecule has 0 radical (unpaired) electrons. The van der Waals surface area contributed by atoms with Gasteiger partial charge in [-0.2, -0.15) is 0 Å². The number of carbonyl (C=O) groups is 1. The lowest BCUT2D eigenvalue weighted by molar-refractivity contribution is -0.116. The van der Waals surface area contributed by atoms with Crippen LogP contribution in [0.2, 0.25) is 0 Å². The molecule has 0 fully saturated rings. The number of sulfone groups is 2. The summed E-state index contributed by atoms with van der Waals surface area (Å²) in [6, 6.07) is 21.2. The maximum atomic E-state index is 13.3. The second kappa shape index (κ2) is 11.2. The van der Waals surface area contributed by atoms with E-state index in [-0.39, 0.29) is 16.8 Å². The summed E-state index contributed by atoms with van der Waals surface area (Å²) in [5.74, 6) is -0.290. The van der Waals surface area contributed by atoms with E-state index in [4.69, 9.17) is 0 Å². The molecule has 1 N–H and O–H groups in total. The molecule has 3 aromatic carbocycles. The number of benzene rings is 3. The van der Waals surface area contributed by atoms with Crippen molar-refractivity contribution in [3.8, 4) is 11.1 Å². The van der Waals surface area contributed by atoms with Gasteiger partial charge in [0, 0.05) is 41.3 Å². The van der Waals surface area contributed by atoms with Crippen molar-refractivity contribution in [2.45, 2.75) is 43.4 Å². The van der Waals surface area contributed by atoms with E-state index < -0.39 is 24.4 Å². The number of fused-ring (bicyclic) bond motifs is 1. The highest BCUT2D eigenvalue weighted by Gasteiger charge is 2.33. The lowest BCUT2D eigenvalue weighted by atomic mass is 9.92. The number of amides is 1. The number of pyridine rings is 1. The third-order valence-corrected chi connectivity index (χ3v) is 10.3. The lowest BCUT2D eigenvalue weighted by Crippen LogP contribution is -2.30. The predicted octanol–water partition coefficient (Wildman–Crippen LogP) is 5.65. The second-order valence-electron chi connectivity index (χ2n) is 11.0.